The van der Waals surface area contributed by atoms with Gasteiger partial charge < -0.3 is 10.1 Å². The van der Waals surface area contributed by atoms with Crippen LogP contribution in [-0.2, 0) is 27.5 Å². The van der Waals surface area contributed by atoms with Gasteiger partial charge in [0.05, 0.1) is 17.5 Å². The standard InChI is InChI=1S/C24H23F3N2O4S/c1-17(23(30)28-16-18-7-6-8-19(15-18)24(25,26)27)29(34(2,31)32)20-11-13-22(14-12-20)33-21-9-4-3-5-10-21/h3-15,17H,16H2,1-2H3,(H,28,30). The van der Waals surface area contributed by atoms with E-state index in [4.69, 9.17) is 4.74 Å². The maximum absolute atomic E-state index is 12.9. The Morgan fingerprint density at radius 1 is 0.971 bits per heavy atom. The number of ether oxygens (including phenoxy) is 1. The summed E-state index contributed by atoms with van der Waals surface area (Å²) in [5, 5.41) is 2.51. The van der Waals surface area contributed by atoms with Crippen LogP contribution in [0.3, 0.4) is 0 Å². The highest BCUT2D eigenvalue weighted by Gasteiger charge is 2.31. The Morgan fingerprint density at radius 2 is 1.59 bits per heavy atom. The lowest BCUT2D eigenvalue weighted by Crippen LogP contribution is -2.47. The van der Waals surface area contributed by atoms with E-state index in [9.17, 15) is 26.4 Å². The van der Waals surface area contributed by atoms with Crippen LogP contribution in [-0.4, -0.2) is 26.6 Å². The van der Waals surface area contributed by atoms with Crippen molar-refractivity contribution in [3.8, 4) is 11.5 Å². The van der Waals surface area contributed by atoms with Gasteiger partial charge >= 0.3 is 6.18 Å². The first-order valence-electron chi connectivity index (χ1n) is 10.2. The van der Waals surface area contributed by atoms with Crippen molar-refractivity contribution in [2.45, 2.75) is 25.7 Å². The molecule has 0 bridgehead atoms. The van der Waals surface area contributed by atoms with E-state index in [-0.39, 0.29) is 17.8 Å². The maximum Gasteiger partial charge on any atom is 0.416 e. The zero-order valence-corrected chi connectivity index (χ0v) is 19.2. The van der Waals surface area contributed by atoms with Crippen LogP contribution in [0.15, 0.2) is 78.9 Å². The summed E-state index contributed by atoms with van der Waals surface area (Å²) in [7, 11) is -3.86. The largest absolute Gasteiger partial charge is 0.457 e. The number of amides is 1. The van der Waals surface area contributed by atoms with Gasteiger partial charge in [-0.2, -0.15) is 13.2 Å². The second-order valence-electron chi connectivity index (χ2n) is 7.56. The van der Waals surface area contributed by atoms with E-state index in [0.717, 1.165) is 22.7 Å². The molecule has 0 heterocycles. The van der Waals surface area contributed by atoms with Crippen LogP contribution >= 0.6 is 0 Å². The number of para-hydroxylation sites is 1. The second kappa shape index (κ2) is 10.2. The number of benzene rings is 3. The third-order valence-electron chi connectivity index (χ3n) is 4.88. The number of alkyl halides is 3. The first-order chi connectivity index (χ1) is 15.9. The van der Waals surface area contributed by atoms with Crippen molar-refractivity contribution in [2.24, 2.45) is 0 Å². The molecule has 0 spiro atoms. The molecule has 0 aromatic heterocycles. The Hall–Kier alpha value is -3.53. The minimum atomic E-state index is -4.50. The number of sulfonamides is 1. The number of rotatable bonds is 8. The molecule has 180 valence electrons. The number of carbonyl (C=O) groups excluding carboxylic acids is 1. The lowest BCUT2D eigenvalue weighted by atomic mass is 10.1. The van der Waals surface area contributed by atoms with Crippen molar-refractivity contribution in [1.82, 2.24) is 5.32 Å². The van der Waals surface area contributed by atoms with Gasteiger partial charge in [0.1, 0.15) is 17.5 Å². The first-order valence-corrected chi connectivity index (χ1v) is 12.1. The molecule has 0 aliphatic carbocycles. The van der Waals surface area contributed by atoms with Gasteiger partial charge in [0, 0.05) is 6.54 Å². The number of halogens is 3. The van der Waals surface area contributed by atoms with E-state index in [1.807, 2.05) is 18.2 Å². The molecular weight excluding hydrogens is 469 g/mol. The molecule has 0 saturated carbocycles. The fourth-order valence-electron chi connectivity index (χ4n) is 3.29. The van der Waals surface area contributed by atoms with E-state index in [1.54, 1.807) is 24.3 Å². The molecule has 3 aromatic carbocycles. The highest BCUT2D eigenvalue weighted by molar-refractivity contribution is 7.92. The van der Waals surface area contributed by atoms with Crippen molar-refractivity contribution in [2.75, 3.05) is 10.6 Å². The molecule has 3 aromatic rings. The first kappa shape index (κ1) is 25.1. The zero-order chi connectivity index (χ0) is 24.9. The van der Waals surface area contributed by atoms with Crippen LogP contribution in [0.4, 0.5) is 18.9 Å². The lowest BCUT2D eigenvalue weighted by molar-refractivity contribution is -0.137. The Kier molecular flexibility index (Phi) is 7.51. The molecule has 1 atom stereocenters. The molecule has 1 unspecified atom stereocenters. The molecular formula is C24H23F3N2O4S. The Morgan fingerprint density at radius 3 is 2.18 bits per heavy atom. The smallest absolute Gasteiger partial charge is 0.416 e. The van der Waals surface area contributed by atoms with Crippen LogP contribution < -0.4 is 14.4 Å². The molecule has 0 saturated heterocycles. The average Bonchev–Trinajstić information content (AvgIpc) is 2.78. The predicted octanol–water partition coefficient (Wildman–Crippen LogP) is 4.97. The molecule has 10 heteroatoms. The average molecular weight is 493 g/mol. The summed E-state index contributed by atoms with van der Waals surface area (Å²) in [5.74, 6) is 0.426. The maximum atomic E-state index is 12.9. The van der Waals surface area contributed by atoms with Crippen LogP contribution in [0.25, 0.3) is 0 Å². The van der Waals surface area contributed by atoms with Crippen LogP contribution in [0.5, 0.6) is 11.5 Å². The monoisotopic (exact) mass is 492 g/mol. The van der Waals surface area contributed by atoms with E-state index in [1.165, 1.54) is 31.2 Å². The van der Waals surface area contributed by atoms with E-state index in [2.05, 4.69) is 5.32 Å². The highest BCUT2D eigenvalue weighted by atomic mass is 32.2. The highest BCUT2D eigenvalue weighted by Crippen LogP contribution is 2.30. The summed E-state index contributed by atoms with van der Waals surface area (Å²) in [6.07, 6.45) is -3.53. The van der Waals surface area contributed by atoms with E-state index in [0.29, 0.717) is 11.5 Å². The van der Waals surface area contributed by atoms with Gasteiger partial charge in [0.15, 0.2) is 0 Å². The fraction of sp³-hybridized carbons (Fsp3) is 0.208. The fourth-order valence-corrected chi connectivity index (χ4v) is 4.46. The van der Waals surface area contributed by atoms with Gasteiger partial charge in [0.2, 0.25) is 15.9 Å². The van der Waals surface area contributed by atoms with Gasteiger partial charge in [0.25, 0.3) is 0 Å². The molecule has 1 amide bonds. The number of hydrogen-bond acceptors (Lipinski definition) is 4. The summed E-state index contributed by atoms with van der Waals surface area (Å²) in [4.78, 5) is 12.7. The van der Waals surface area contributed by atoms with E-state index < -0.39 is 33.7 Å². The summed E-state index contributed by atoms with van der Waals surface area (Å²) >= 11 is 0. The van der Waals surface area contributed by atoms with Gasteiger partial charge in [-0.05, 0) is 61.0 Å². The minimum Gasteiger partial charge on any atom is -0.457 e. The predicted molar refractivity (Wildman–Crippen MR) is 123 cm³/mol. The third-order valence-corrected chi connectivity index (χ3v) is 6.12. The van der Waals surface area contributed by atoms with Crippen molar-refractivity contribution in [1.29, 1.82) is 0 Å². The number of carbonyl (C=O) groups is 1. The second-order valence-corrected chi connectivity index (χ2v) is 9.42. The molecule has 34 heavy (non-hydrogen) atoms. The molecule has 0 aliphatic rings. The summed E-state index contributed by atoms with van der Waals surface area (Å²) in [6.45, 7) is 1.21. The Bertz CT molecular complexity index is 1230. The third kappa shape index (κ3) is 6.50. The topological polar surface area (TPSA) is 75.7 Å². The molecule has 0 fully saturated rings. The lowest BCUT2D eigenvalue weighted by Gasteiger charge is -2.28. The van der Waals surface area contributed by atoms with Crippen LogP contribution in [0.2, 0.25) is 0 Å². The van der Waals surface area contributed by atoms with Crippen molar-refractivity contribution >= 4 is 21.6 Å². The van der Waals surface area contributed by atoms with Gasteiger partial charge in [-0.3, -0.25) is 9.10 Å². The number of nitrogens with zero attached hydrogens (tertiary/aromatic N) is 1. The zero-order valence-electron chi connectivity index (χ0n) is 18.4. The number of hydrogen-bond donors (Lipinski definition) is 1. The molecule has 3 rings (SSSR count). The SMILES string of the molecule is CC(C(=O)NCc1cccc(C(F)(F)F)c1)N(c1ccc(Oc2ccccc2)cc1)S(C)(=O)=O. The van der Waals surface area contributed by atoms with Crippen molar-refractivity contribution < 1.29 is 31.1 Å². The molecule has 6 nitrogen and oxygen atoms in total. The van der Waals surface area contributed by atoms with Crippen LogP contribution in [0, 0.1) is 0 Å². The molecule has 0 aliphatic heterocycles. The number of nitrogens with one attached hydrogen (secondary N) is 1. The molecule has 0 radical (unpaired) electrons. The Labute approximate surface area is 196 Å². The normalized spacial score (nSPS) is 12.6. The van der Waals surface area contributed by atoms with Crippen molar-refractivity contribution in [3.05, 3.63) is 90.0 Å². The quantitative estimate of drug-likeness (QED) is 0.482. The van der Waals surface area contributed by atoms with Gasteiger partial charge in [-0.1, -0.05) is 30.3 Å². The number of anilines is 1. The van der Waals surface area contributed by atoms with Crippen LogP contribution in [0.1, 0.15) is 18.1 Å². The van der Waals surface area contributed by atoms with Crippen molar-refractivity contribution in [3.63, 3.8) is 0 Å². The Balaban J connectivity index is 1.73. The summed E-state index contributed by atoms with van der Waals surface area (Å²) in [6, 6.07) is 18.6. The molecule has 1 N–H and O–H groups in total. The minimum absolute atomic E-state index is 0.186. The summed E-state index contributed by atoms with van der Waals surface area (Å²) in [5.41, 5.74) is -0.351. The van der Waals surface area contributed by atoms with E-state index >= 15 is 0 Å². The summed E-state index contributed by atoms with van der Waals surface area (Å²) < 4.78 is 70.3. The van der Waals surface area contributed by atoms with Gasteiger partial charge in [-0.15, -0.1) is 0 Å². The van der Waals surface area contributed by atoms with Gasteiger partial charge in [-0.25, -0.2) is 8.42 Å².